The average molecular weight is 218 g/mol. The summed E-state index contributed by atoms with van der Waals surface area (Å²) in [5.74, 6) is 0. The molecule has 0 saturated carbocycles. The lowest BCUT2D eigenvalue weighted by Crippen LogP contribution is -2.68. The van der Waals surface area contributed by atoms with Crippen LogP contribution in [-0.4, -0.2) is 20.7 Å². The maximum Gasteiger partial charge on any atom is 0.303 e. The molecule has 4 nitrogen and oxygen atoms in total. The monoisotopic (exact) mass is 218 g/mol. The second kappa shape index (κ2) is 4.16. The molecule has 0 N–H and O–H groups in total. The highest BCUT2D eigenvalue weighted by molar-refractivity contribution is 6.69. The zero-order chi connectivity index (χ0) is 11.6. The standard InChI is InChI=1S/C11H19BN4/c1-4-12(5-2,16-8-6-7-13-16)15-10-9-14(3)11-15/h6-11H,4-5H2,1-3H3. The largest absolute Gasteiger partial charge is 0.414 e. The highest BCUT2D eigenvalue weighted by Gasteiger charge is 2.32. The zero-order valence-electron chi connectivity index (χ0n) is 10.2. The van der Waals surface area contributed by atoms with Gasteiger partial charge in [0.05, 0.1) is 13.2 Å². The zero-order valence-corrected chi connectivity index (χ0v) is 10.2. The molecule has 0 aliphatic rings. The molecule has 2 aromatic heterocycles. The fourth-order valence-electron chi connectivity index (χ4n) is 2.54. The van der Waals surface area contributed by atoms with E-state index in [-0.39, 0.29) is 0 Å². The van der Waals surface area contributed by atoms with E-state index in [1.807, 2.05) is 19.3 Å². The Hall–Kier alpha value is -1.52. The summed E-state index contributed by atoms with van der Waals surface area (Å²) in [7, 11) is 2.05. The van der Waals surface area contributed by atoms with Crippen molar-refractivity contribution in [2.24, 2.45) is 7.05 Å². The van der Waals surface area contributed by atoms with E-state index < -0.39 is 6.42 Å². The predicted octanol–water partition coefficient (Wildman–Crippen LogP) is 1.39. The fourth-order valence-corrected chi connectivity index (χ4v) is 2.54. The second-order valence-electron chi connectivity index (χ2n) is 4.46. The summed E-state index contributed by atoms with van der Waals surface area (Å²) in [5, 5.41) is 4.43. The van der Waals surface area contributed by atoms with Gasteiger partial charge in [-0.2, -0.15) is 0 Å². The van der Waals surface area contributed by atoms with Gasteiger partial charge in [0.1, 0.15) is 6.20 Å². The summed E-state index contributed by atoms with van der Waals surface area (Å²) < 4.78 is 6.48. The van der Waals surface area contributed by atoms with Crippen LogP contribution in [0, 0.1) is 0 Å². The van der Waals surface area contributed by atoms with Crippen LogP contribution in [0.2, 0.25) is 12.6 Å². The molecule has 0 bridgehead atoms. The lowest BCUT2D eigenvalue weighted by atomic mass is 9.42. The summed E-state index contributed by atoms with van der Waals surface area (Å²) in [6, 6.07) is 1.99. The number of aromatic nitrogens is 4. The van der Waals surface area contributed by atoms with Crippen molar-refractivity contribution in [3.8, 4) is 0 Å². The molecule has 2 heterocycles. The Morgan fingerprint density at radius 2 is 2.00 bits per heavy atom. The molecule has 86 valence electrons. The van der Waals surface area contributed by atoms with Gasteiger partial charge < -0.3 is 9.07 Å². The van der Waals surface area contributed by atoms with E-state index >= 15 is 0 Å². The minimum Gasteiger partial charge on any atom is -0.414 e. The van der Waals surface area contributed by atoms with Gasteiger partial charge in [0.2, 0.25) is 0 Å². The molecule has 0 unspecified atom stereocenters. The Morgan fingerprint density at radius 1 is 1.25 bits per heavy atom. The van der Waals surface area contributed by atoms with E-state index in [9.17, 15) is 0 Å². The highest BCUT2D eigenvalue weighted by Crippen LogP contribution is 2.13. The Balaban J connectivity index is 2.51. The van der Waals surface area contributed by atoms with Crippen molar-refractivity contribution in [1.29, 1.82) is 0 Å². The van der Waals surface area contributed by atoms with Crippen molar-refractivity contribution in [1.82, 2.24) is 14.3 Å². The summed E-state index contributed by atoms with van der Waals surface area (Å²) in [6.45, 7) is 4.45. The molecule has 5 heteroatoms. The lowest BCUT2D eigenvalue weighted by molar-refractivity contribution is -0.550. The number of imidazole rings is 1. The van der Waals surface area contributed by atoms with Crippen molar-refractivity contribution >= 4 is 6.42 Å². The molecule has 0 amide bonds. The fraction of sp³-hybridized carbons (Fsp3) is 0.455. The quantitative estimate of drug-likeness (QED) is 0.712. The van der Waals surface area contributed by atoms with Crippen molar-refractivity contribution < 1.29 is 4.48 Å². The smallest absolute Gasteiger partial charge is 0.303 e. The molecule has 2 aromatic rings. The van der Waals surface area contributed by atoms with Gasteiger partial charge in [-0.05, 0) is 12.3 Å². The van der Waals surface area contributed by atoms with Gasteiger partial charge in [-0.3, -0.25) is 0 Å². The van der Waals surface area contributed by atoms with Crippen LogP contribution < -0.4 is 4.48 Å². The molecule has 0 saturated heterocycles. The van der Waals surface area contributed by atoms with Crippen LogP contribution in [0.4, 0.5) is 0 Å². The van der Waals surface area contributed by atoms with Gasteiger partial charge in [-0.1, -0.05) is 13.8 Å². The van der Waals surface area contributed by atoms with E-state index in [0.29, 0.717) is 0 Å². The van der Waals surface area contributed by atoms with Gasteiger partial charge in [-0.25, -0.2) is 9.67 Å². The first kappa shape index (κ1) is 11.0. The van der Waals surface area contributed by atoms with Crippen LogP contribution in [0.1, 0.15) is 13.8 Å². The molecule has 16 heavy (non-hydrogen) atoms. The average Bonchev–Trinajstić information content (AvgIpc) is 2.93. The molecule has 0 atom stereocenters. The molecular weight excluding hydrogens is 199 g/mol. The topological polar surface area (TPSA) is 26.6 Å². The summed E-state index contributed by atoms with van der Waals surface area (Å²) in [4.78, 5) is 0. The third kappa shape index (κ3) is 1.56. The summed E-state index contributed by atoms with van der Waals surface area (Å²) in [5.41, 5.74) is 0. The Labute approximate surface area is 96.5 Å². The number of rotatable bonds is 4. The molecule has 0 radical (unpaired) electrons. The van der Waals surface area contributed by atoms with E-state index in [1.54, 1.807) is 0 Å². The molecule has 0 spiro atoms. The Bertz CT molecular complexity index is 442. The second-order valence-corrected chi connectivity index (χ2v) is 4.46. The third-order valence-electron chi connectivity index (χ3n) is 3.67. The molecule has 0 aliphatic carbocycles. The minimum atomic E-state index is -0.818. The Morgan fingerprint density at radius 3 is 2.44 bits per heavy atom. The SMILES string of the molecule is CC[B-](CC)(n1cccn1)[n+]1ccn(C)c1. The minimum absolute atomic E-state index is 0.818. The number of aryl methyl sites for hydroxylation is 1. The van der Waals surface area contributed by atoms with Gasteiger partial charge in [0.15, 0.2) is 6.33 Å². The Kier molecular flexibility index (Phi) is 2.85. The molecule has 0 aromatic carbocycles. The number of nitrogens with zero attached hydrogens (tertiary/aromatic N) is 4. The van der Waals surface area contributed by atoms with E-state index in [0.717, 1.165) is 12.6 Å². The summed E-state index contributed by atoms with van der Waals surface area (Å²) >= 11 is 0. The molecule has 0 aliphatic heterocycles. The first-order valence-electron chi connectivity index (χ1n) is 5.94. The molecule has 0 fully saturated rings. The van der Waals surface area contributed by atoms with Gasteiger partial charge in [-0.15, -0.1) is 12.6 Å². The van der Waals surface area contributed by atoms with Crippen LogP contribution in [0.3, 0.4) is 0 Å². The predicted molar refractivity (Wildman–Crippen MR) is 65.3 cm³/mol. The maximum absolute atomic E-state index is 4.43. The van der Waals surface area contributed by atoms with Crippen molar-refractivity contribution in [3.05, 3.63) is 37.2 Å². The molecular formula is C11H19BN4. The number of hydrogen-bond donors (Lipinski definition) is 0. The summed E-state index contributed by atoms with van der Waals surface area (Å²) in [6.07, 6.45) is 11.6. The van der Waals surface area contributed by atoms with Gasteiger partial charge in [0.25, 0.3) is 0 Å². The molecule has 2 rings (SSSR count). The normalized spacial score (nSPS) is 11.9. The maximum atomic E-state index is 4.43. The van der Waals surface area contributed by atoms with Gasteiger partial charge >= 0.3 is 6.42 Å². The van der Waals surface area contributed by atoms with E-state index in [2.05, 4.69) is 57.5 Å². The van der Waals surface area contributed by atoms with Crippen LogP contribution in [0.15, 0.2) is 37.2 Å². The van der Waals surface area contributed by atoms with E-state index in [1.165, 1.54) is 0 Å². The van der Waals surface area contributed by atoms with Crippen LogP contribution >= 0.6 is 0 Å². The van der Waals surface area contributed by atoms with E-state index in [4.69, 9.17) is 0 Å². The van der Waals surface area contributed by atoms with Crippen LogP contribution in [0.5, 0.6) is 0 Å². The van der Waals surface area contributed by atoms with Gasteiger partial charge in [0, 0.05) is 6.20 Å². The lowest BCUT2D eigenvalue weighted by Gasteiger charge is -2.34. The van der Waals surface area contributed by atoms with Crippen molar-refractivity contribution in [2.75, 3.05) is 0 Å². The first-order chi connectivity index (χ1) is 7.73. The third-order valence-corrected chi connectivity index (χ3v) is 3.67. The number of hydrogen-bond acceptors (Lipinski definition) is 1. The highest BCUT2D eigenvalue weighted by atomic mass is 15.3. The van der Waals surface area contributed by atoms with Crippen molar-refractivity contribution in [2.45, 2.75) is 26.5 Å². The van der Waals surface area contributed by atoms with Crippen LogP contribution in [-0.2, 0) is 7.05 Å². The first-order valence-corrected chi connectivity index (χ1v) is 5.94. The van der Waals surface area contributed by atoms with Crippen LogP contribution in [0.25, 0.3) is 0 Å². The van der Waals surface area contributed by atoms with Crippen molar-refractivity contribution in [3.63, 3.8) is 0 Å².